The molecule has 0 atom stereocenters. The average molecular weight is 343 g/mol. The van der Waals surface area contributed by atoms with E-state index < -0.39 is 10.0 Å². The number of rotatable bonds is 4. The Morgan fingerprint density at radius 2 is 1.73 bits per heavy atom. The number of halogens is 1. The number of carbonyl (C=O) groups is 1. The number of hydrogen-bond donors (Lipinski definition) is 0. The van der Waals surface area contributed by atoms with E-state index in [1.807, 2.05) is 13.8 Å². The van der Waals surface area contributed by atoms with E-state index in [1.54, 1.807) is 22.9 Å². The van der Waals surface area contributed by atoms with Crippen LogP contribution in [-0.2, 0) is 14.8 Å². The molecule has 0 aromatic heterocycles. The van der Waals surface area contributed by atoms with E-state index in [4.69, 9.17) is 0 Å². The number of carbonyl (C=O) groups excluding carboxylic acids is 1. The molecule has 0 aromatic carbocycles. The molecular weight excluding hydrogens is 329 g/mol. The molecule has 4 nitrogen and oxygen atoms in total. The molecule has 0 unspecified atom stereocenters. The highest BCUT2D eigenvalue weighted by Gasteiger charge is 2.40. The van der Waals surface area contributed by atoms with Gasteiger partial charge in [0.2, 0.25) is 0 Å². The van der Waals surface area contributed by atoms with Gasteiger partial charge in [-0.25, -0.2) is 8.42 Å². The zero-order chi connectivity index (χ0) is 11.6. The molecule has 86 valence electrons. The minimum atomic E-state index is -3.50. The van der Waals surface area contributed by atoms with Crippen LogP contribution in [0.25, 0.3) is 0 Å². The largest absolute Gasteiger partial charge is 0.273 e. The topological polar surface area (TPSA) is 54.5 Å². The number of nitrogens with zero attached hydrogens (tertiary/aromatic N) is 1. The van der Waals surface area contributed by atoms with Crippen LogP contribution in [0.3, 0.4) is 0 Å². The van der Waals surface area contributed by atoms with Crippen molar-refractivity contribution in [2.45, 2.75) is 39.5 Å². The van der Waals surface area contributed by atoms with Crippen LogP contribution in [0.5, 0.6) is 0 Å². The quantitative estimate of drug-likeness (QED) is 0.582. The Kier molecular flexibility index (Phi) is 4.16. The summed E-state index contributed by atoms with van der Waals surface area (Å²) in [5.74, 6) is -0.360. The Labute approximate surface area is 104 Å². The lowest BCUT2D eigenvalue weighted by molar-refractivity contribution is -0.118. The average Bonchev–Trinajstić information content (AvgIpc) is 2.33. The highest BCUT2D eigenvalue weighted by atomic mass is 127. The maximum Gasteiger partial charge on any atom is 0.273 e. The van der Waals surface area contributed by atoms with Crippen LogP contribution in [0.1, 0.15) is 39.5 Å². The van der Waals surface area contributed by atoms with E-state index in [9.17, 15) is 13.2 Å². The molecule has 0 aliphatic carbocycles. The van der Waals surface area contributed by atoms with Crippen LogP contribution in [0, 0.1) is 0 Å². The van der Waals surface area contributed by atoms with E-state index in [0.29, 0.717) is 23.3 Å². The summed E-state index contributed by atoms with van der Waals surface area (Å²) < 4.78 is 24.5. The molecule has 0 saturated heterocycles. The van der Waals surface area contributed by atoms with Gasteiger partial charge in [-0.1, -0.05) is 26.7 Å². The standard InChI is InChI=1S/C9H14INO3S/c1-3-5-7-8(6-4-2)15(13,14)11(10)9(7)12/h3-6H2,1-2H3. The van der Waals surface area contributed by atoms with Crippen molar-refractivity contribution in [1.29, 1.82) is 0 Å². The Morgan fingerprint density at radius 3 is 2.20 bits per heavy atom. The molecule has 0 fully saturated rings. The first kappa shape index (κ1) is 13.0. The summed E-state index contributed by atoms with van der Waals surface area (Å²) in [4.78, 5) is 12.0. The summed E-state index contributed by atoms with van der Waals surface area (Å²) in [5.41, 5.74) is 0.480. The maximum absolute atomic E-state index is 11.8. The van der Waals surface area contributed by atoms with Crippen LogP contribution in [-0.4, -0.2) is 16.8 Å². The predicted octanol–water partition coefficient (Wildman–Crippen LogP) is 2.36. The van der Waals surface area contributed by atoms with Gasteiger partial charge in [-0.15, -0.1) is 0 Å². The van der Waals surface area contributed by atoms with Gasteiger partial charge in [0.05, 0.1) is 27.8 Å². The molecule has 0 radical (unpaired) electrons. The predicted molar refractivity (Wildman–Crippen MR) is 66.6 cm³/mol. The first-order valence-electron chi connectivity index (χ1n) is 4.94. The lowest BCUT2D eigenvalue weighted by Crippen LogP contribution is -2.20. The second-order valence-electron chi connectivity index (χ2n) is 3.43. The van der Waals surface area contributed by atoms with E-state index in [0.717, 1.165) is 15.4 Å². The molecule has 0 N–H and O–H groups in total. The smallest absolute Gasteiger partial charge is 0.268 e. The van der Waals surface area contributed by atoms with Gasteiger partial charge in [0, 0.05) is 5.57 Å². The third-order valence-electron chi connectivity index (χ3n) is 2.25. The zero-order valence-electron chi connectivity index (χ0n) is 8.79. The fraction of sp³-hybridized carbons (Fsp3) is 0.667. The third kappa shape index (κ3) is 2.20. The Balaban J connectivity index is 3.22. The molecule has 0 bridgehead atoms. The van der Waals surface area contributed by atoms with Gasteiger partial charge in [-0.3, -0.25) is 4.79 Å². The third-order valence-corrected chi connectivity index (χ3v) is 5.91. The highest BCUT2D eigenvalue weighted by Crippen LogP contribution is 2.35. The van der Waals surface area contributed by atoms with Gasteiger partial charge in [0.15, 0.2) is 0 Å². The molecule has 15 heavy (non-hydrogen) atoms. The first-order chi connectivity index (χ1) is 6.96. The Morgan fingerprint density at radius 1 is 1.20 bits per heavy atom. The van der Waals surface area contributed by atoms with Crippen molar-refractivity contribution < 1.29 is 13.2 Å². The fourth-order valence-electron chi connectivity index (χ4n) is 1.59. The maximum atomic E-state index is 11.8. The van der Waals surface area contributed by atoms with Gasteiger partial charge in [0.1, 0.15) is 0 Å². The molecule has 1 rings (SSSR count). The van der Waals surface area contributed by atoms with Crippen molar-refractivity contribution in [3.8, 4) is 0 Å². The van der Waals surface area contributed by atoms with Crippen LogP contribution in [0.15, 0.2) is 10.5 Å². The molecule has 1 aliphatic heterocycles. The molecule has 1 heterocycles. The summed E-state index contributed by atoms with van der Waals surface area (Å²) in [7, 11) is -3.50. The Hall–Kier alpha value is -0.110. The van der Waals surface area contributed by atoms with E-state index in [1.165, 1.54) is 0 Å². The molecular formula is C9H14INO3S. The van der Waals surface area contributed by atoms with Crippen molar-refractivity contribution >= 4 is 38.8 Å². The van der Waals surface area contributed by atoms with Gasteiger partial charge < -0.3 is 0 Å². The number of sulfonamides is 1. The lowest BCUT2D eigenvalue weighted by atomic mass is 10.1. The summed E-state index contributed by atoms with van der Waals surface area (Å²) in [6.07, 6.45) is 2.53. The normalized spacial score (nSPS) is 20.2. The molecule has 0 aromatic rings. The van der Waals surface area contributed by atoms with Crippen molar-refractivity contribution in [3.05, 3.63) is 10.5 Å². The van der Waals surface area contributed by atoms with Crippen molar-refractivity contribution in [2.24, 2.45) is 0 Å². The molecule has 1 amide bonds. The fourth-order valence-corrected chi connectivity index (χ4v) is 4.08. The molecule has 0 spiro atoms. The lowest BCUT2D eigenvalue weighted by Gasteiger charge is -2.05. The van der Waals surface area contributed by atoms with Crippen LogP contribution in [0.4, 0.5) is 0 Å². The van der Waals surface area contributed by atoms with E-state index in [2.05, 4.69) is 0 Å². The summed E-state index contributed by atoms with van der Waals surface area (Å²) in [6, 6.07) is 0. The minimum Gasteiger partial charge on any atom is -0.268 e. The second kappa shape index (κ2) is 4.82. The van der Waals surface area contributed by atoms with Crippen LogP contribution < -0.4 is 0 Å². The van der Waals surface area contributed by atoms with E-state index >= 15 is 0 Å². The van der Waals surface area contributed by atoms with Crippen LogP contribution >= 0.6 is 22.9 Å². The molecule has 0 saturated carbocycles. The number of hydrogen-bond acceptors (Lipinski definition) is 3. The van der Waals surface area contributed by atoms with Gasteiger partial charge in [-0.2, -0.15) is 2.52 Å². The van der Waals surface area contributed by atoms with Gasteiger partial charge in [0.25, 0.3) is 15.9 Å². The van der Waals surface area contributed by atoms with Crippen LogP contribution in [0.2, 0.25) is 0 Å². The minimum absolute atomic E-state index is 0.325. The molecule has 6 heteroatoms. The Bertz CT molecular complexity index is 400. The van der Waals surface area contributed by atoms with Gasteiger partial charge >= 0.3 is 0 Å². The van der Waals surface area contributed by atoms with Crippen molar-refractivity contribution in [2.75, 3.05) is 0 Å². The summed E-state index contributed by atoms with van der Waals surface area (Å²) in [5, 5.41) is 0. The highest BCUT2D eigenvalue weighted by molar-refractivity contribution is 14.1. The second-order valence-corrected chi connectivity index (χ2v) is 6.85. The summed E-state index contributed by atoms with van der Waals surface area (Å²) >= 11 is 1.56. The molecule has 1 aliphatic rings. The monoisotopic (exact) mass is 343 g/mol. The van der Waals surface area contributed by atoms with Gasteiger partial charge in [-0.05, 0) is 12.8 Å². The number of amides is 1. The summed E-state index contributed by atoms with van der Waals surface area (Å²) in [6.45, 7) is 3.85. The number of allylic oxidation sites excluding steroid dienone is 1. The van der Waals surface area contributed by atoms with Crippen molar-refractivity contribution in [3.63, 3.8) is 0 Å². The SMILES string of the molecule is CCCC1=C(CCC)S(=O)(=O)N(I)C1=O. The van der Waals surface area contributed by atoms with Crippen molar-refractivity contribution in [1.82, 2.24) is 2.52 Å². The first-order valence-corrected chi connectivity index (χ1v) is 7.34. The van der Waals surface area contributed by atoms with E-state index in [-0.39, 0.29) is 5.91 Å². The zero-order valence-corrected chi connectivity index (χ0v) is 11.8.